The zero-order chi connectivity index (χ0) is 18.5. The van der Waals surface area contributed by atoms with Crippen molar-refractivity contribution in [3.8, 4) is 5.82 Å². The number of nitrogens with one attached hydrogen (secondary N) is 2. The van der Waals surface area contributed by atoms with Crippen LogP contribution in [0.15, 0.2) is 42.0 Å². The highest BCUT2D eigenvalue weighted by Crippen LogP contribution is 2.07. The zero-order valence-electron chi connectivity index (χ0n) is 15.8. The lowest BCUT2D eigenvalue weighted by Gasteiger charge is -2.11. The number of aliphatic imine (C=N–C) groups is 1. The van der Waals surface area contributed by atoms with Crippen molar-refractivity contribution in [1.29, 1.82) is 0 Å². The highest BCUT2D eigenvalue weighted by Gasteiger charge is 2.01. The third-order valence-corrected chi connectivity index (χ3v) is 3.74. The molecule has 2 rings (SSSR count). The van der Waals surface area contributed by atoms with Gasteiger partial charge in [-0.25, -0.2) is 15.0 Å². The second kappa shape index (κ2) is 12.0. The molecule has 0 unspecified atom stereocenters. The Bertz CT molecular complexity index is 641. The van der Waals surface area contributed by atoms with Crippen LogP contribution in [0, 0.1) is 0 Å². The quantitative estimate of drug-likeness (QED) is 0.367. The van der Waals surface area contributed by atoms with Gasteiger partial charge in [0.05, 0.1) is 6.54 Å². The molecule has 0 aromatic carbocycles. The summed E-state index contributed by atoms with van der Waals surface area (Å²) in [5, 5.41) is 6.63. The maximum atomic E-state index is 5.58. The molecule has 0 fully saturated rings. The van der Waals surface area contributed by atoms with Crippen molar-refractivity contribution in [3.05, 3.63) is 42.6 Å². The van der Waals surface area contributed by atoms with Gasteiger partial charge in [0.2, 0.25) is 0 Å². The molecular weight excluding hydrogens is 328 g/mol. The Hall–Kier alpha value is -2.41. The van der Waals surface area contributed by atoms with Gasteiger partial charge in [-0.3, -0.25) is 4.57 Å². The van der Waals surface area contributed by atoms with E-state index in [1.54, 1.807) is 18.7 Å². The summed E-state index contributed by atoms with van der Waals surface area (Å²) in [5.41, 5.74) is 1.10. The third-order valence-electron chi connectivity index (χ3n) is 3.74. The molecule has 0 saturated carbocycles. The van der Waals surface area contributed by atoms with E-state index in [0.717, 1.165) is 56.5 Å². The molecule has 0 aliphatic rings. The van der Waals surface area contributed by atoms with Gasteiger partial charge in [0, 0.05) is 44.9 Å². The van der Waals surface area contributed by atoms with Crippen LogP contribution < -0.4 is 10.6 Å². The monoisotopic (exact) mass is 358 g/mol. The van der Waals surface area contributed by atoms with Crippen molar-refractivity contribution in [2.24, 2.45) is 4.99 Å². The van der Waals surface area contributed by atoms with Gasteiger partial charge in [-0.05, 0) is 37.5 Å². The summed E-state index contributed by atoms with van der Waals surface area (Å²) in [4.78, 5) is 13.1. The smallest absolute Gasteiger partial charge is 0.191 e. The molecule has 0 bridgehead atoms. The Labute approximate surface area is 155 Å². The summed E-state index contributed by atoms with van der Waals surface area (Å²) in [5.74, 6) is 1.67. The Balaban J connectivity index is 1.81. The minimum atomic E-state index is 0.590. The number of nitrogens with zero attached hydrogens (tertiary/aromatic N) is 4. The molecule has 0 aliphatic carbocycles. The average molecular weight is 358 g/mol. The van der Waals surface area contributed by atoms with Crippen LogP contribution in [0.3, 0.4) is 0 Å². The van der Waals surface area contributed by atoms with Crippen LogP contribution in [-0.4, -0.2) is 46.8 Å². The van der Waals surface area contributed by atoms with E-state index in [-0.39, 0.29) is 0 Å². The van der Waals surface area contributed by atoms with Gasteiger partial charge < -0.3 is 15.4 Å². The van der Waals surface area contributed by atoms with E-state index in [1.165, 1.54) is 6.42 Å². The van der Waals surface area contributed by atoms with Crippen molar-refractivity contribution in [2.45, 2.75) is 39.7 Å². The fourth-order valence-corrected chi connectivity index (χ4v) is 2.34. The van der Waals surface area contributed by atoms with E-state index in [4.69, 9.17) is 4.74 Å². The van der Waals surface area contributed by atoms with Gasteiger partial charge in [-0.15, -0.1) is 0 Å². The Kier molecular flexibility index (Phi) is 9.21. The fourth-order valence-electron chi connectivity index (χ4n) is 2.34. The van der Waals surface area contributed by atoms with Gasteiger partial charge in [0.1, 0.15) is 12.1 Å². The van der Waals surface area contributed by atoms with E-state index < -0.39 is 0 Å². The maximum absolute atomic E-state index is 5.58. The molecule has 0 saturated heterocycles. The van der Waals surface area contributed by atoms with E-state index >= 15 is 0 Å². The predicted octanol–water partition coefficient (Wildman–Crippen LogP) is 2.53. The molecule has 0 aliphatic heterocycles. The minimum Gasteiger partial charge on any atom is -0.381 e. The molecule has 7 heteroatoms. The lowest BCUT2D eigenvalue weighted by atomic mass is 10.2. The highest BCUT2D eigenvalue weighted by molar-refractivity contribution is 5.79. The van der Waals surface area contributed by atoms with Gasteiger partial charge >= 0.3 is 0 Å². The molecule has 0 amide bonds. The summed E-state index contributed by atoms with van der Waals surface area (Å²) < 4.78 is 7.46. The molecule has 7 nitrogen and oxygen atoms in total. The Morgan fingerprint density at radius 3 is 2.85 bits per heavy atom. The number of aromatic nitrogens is 3. The summed E-state index contributed by atoms with van der Waals surface area (Å²) in [6, 6.07) is 4.01. The van der Waals surface area contributed by atoms with Crippen LogP contribution >= 0.6 is 0 Å². The minimum absolute atomic E-state index is 0.590. The van der Waals surface area contributed by atoms with E-state index in [0.29, 0.717) is 6.54 Å². The van der Waals surface area contributed by atoms with Gasteiger partial charge in [-0.1, -0.05) is 13.3 Å². The predicted molar refractivity (Wildman–Crippen MR) is 105 cm³/mol. The van der Waals surface area contributed by atoms with E-state index in [2.05, 4.69) is 39.4 Å². The second-order valence-electron chi connectivity index (χ2n) is 5.93. The number of hydrogen-bond donors (Lipinski definition) is 2. The number of guanidine groups is 1. The number of rotatable bonds is 11. The third kappa shape index (κ3) is 7.23. The topological polar surface area (TPSA) is 76.4 Å². The molecule has 0 radical (unpaired) electrons. The van der Waals surface area contributed by atoms with Gasteiger partial charge in [-0.2, -0.15) is 0 Å². The summed E-state index contributed by atoms with van der Waals surface area (Å²) >= 11 is 0. The molecule has 2 aromatic heterocycles. The molecule has 142 valence electrons. The molecular formula is C19H30N6O. The number of unbranched alkanes of at least 4 members (excludes halogenated alkanes) is 1. The van der Waals surface area contributed by atoms with Gasteiger partial charge in [0.25, 0.3) is 0 Å². The number of hydrogen-bond acceptors (Lipinski definition) is 4. The first kappa shape index (κ1) is 19.9. The van der Waals surface area contributed by atoms with Gasteiger partial charge in [0.15, 0.2) is 5.96 Å². The first-order chi connectivity index (χ1) is 12.8. The van der Waals surface area contributed by atoms with Crippen molar-refractivity contribution < 1.29 is 4.74 Å². The molecule has 0 atom stereocenters. The Morgan fingerprint density at radius 1 is 1.19 bits per heavy atom. The van der Waals surface area contributed by atoms with Crippen molar-refractivity contribution in [1.82, 2.24) is 25.2 Å². The van der Waals surface area contributed by atoms with Crippen molar-refractivity contribution >= 4 is 5.96 Å². The van der Waals surface area contributed by atoms with E-state index in [9.17, 15) is 0 Å². The molecule has 2 aromatic rings. The molecule has 0 spiro atoms. The maximum Gasteiger partial charge on any atom is 0.191 e. The average Bonchev–Trinajstić information content (AvgIpc) is 3.20. The van der Waals surface area contributed by atoms with Crippen LogP contribution in [0.4, 0.5) is 0 Å². The highest BCUT2D eigenvalue weighted by atomic mass is 16.5. The lowest BCUT2D eigenvalue weighted by Crippen LogP contribution is -2.38. The van der Waals surface area contributed by atoms with E-state index in [1.807, 2.05) is 22.9 Å². The number of imidazole rings is 1. The van der Waals surface area contributed by atoms with Crippen molar-refractivity contribution in [2.75, 3.05) is 26.3 Å². The van der Waals surface area contributed by atoms with Crippen LogP contribution in [0.25, 0.3) is 5.82 Å². The zero-order valence-corrected chi connectivity index (χ0v) is 15.8. The first-order valence-electron chi connectivity index (χ1n) is 9.36. The normalized spacial score (nSPS) is 11.5. The Morgan fingerprint density at radius 2 is 2.08 bits per heavy atom. The van der Waals surface area contributed by atoms with Crippen LogP contribution in [0.5, 0.6) is 0 Å². The largest absolute Gasteiger partial charge is 0.381 e. The molecule has 26 heavy (non-hydrogen) atoms. The lowest BCUT2D eigenvalue weighted by molar-refractivity contribution is 0.129. The number of pyridine rings is 1. The van der Waals surface area contributed by atoms with Crippen molar-refractivity contribution in [3.63, 3.8) is 0 Å². The molecule has 2 N–H and O–H groups in total. The standard InChI is InChI=1S/C19H30N6O/c1-3-5-12-26-13-6-8-23-19(21-4-2)24-15-17-7-9-22-18(14-17)25-11-10-20-16-25/h7,9-11,14,16H,3-6,8,12-13,15H2,1-2H3,(H2,21,23,24). The van der Waals surface area contributed by atoms with Crippen LogP contribution in [0.2, 0.25) is 0 Å². The molecule has 2 heterocycles. The fraction of sp³-hybridized carbons (Fsp3) is 0.526. The van der Waals surface area contributed by atoms with Crippen LogP contribution in [-0.2, 0) is 11.3 Å². The first-order valence-corrected chi connectivity index (χ1v) is 9.36. The number of ether oxygens (including phenoxy) is 1. The second-order valence-corrected chi connectivity index (χ2v) is 5.93. The van der Waals surface area contributed by atoms with Crippen LogP contribution in [0.1, 0.15) is 38.7 Å². The summed E-state index contributed by atoms with van der Waals surface area (Å²) in [7, 11) is 0. The SMILES string of the molecule is CCCCOCCCNC(=NCc1ccnc(-n2ccnc2)c1)NCC. The summed E-state index contributed by atoms with van der Waals surface area (Å²) in [6.45, 7) is 8.13. The summed E-state index contributed by atoms with van der Waals surface area (Å²) in [6.07, 6.45) is 10.4.